The molecular formula is C64H67N5O20. The molecule has 7 aromatic rings. The molecule has 89 heavy (non-hydrogen) atoms. The smallest absolute Gasteiger partial charge is 0.357 e. The highest BCUT2D eigenvalue weighted by atomic mass is 16.6. The van der Waals surface area contributed by atoms with Crippen molar-refractivity contribution in [2.75, 3.05) is 26.4 Å². The average Bonchev–Trinajstić information content (AvgIpc) is 3.71. The van der Waals surface area contributed by atoms with Crippen molar-refractivity contribution in [2.45, 2.75) is 86.5 Å². The second-order valence-electron chi connectivity index (χ2n) is 18.6. The van der Waals surface area contributed by atoms with Crippen LogP contribution in [0.25, 0.3) is 0 Å². The molecule has 0 amide bonds. The molecule has 0 bridgehead atoms. The topological polar surface area (TPSA) is 360 Å². The molecular weight excluding hydrogens is 1160 g/mol. The van der Waals surface area contributed by atoms with Gasteiger partial charge in [-0.25, -0.2) is 72.9 Å². The lowest BCUT2D eigenvalue weighted by Crippen LogP contribution is -2.15. The third-order valence-corrected chi connectivity index (χ3v) is 10.6. The molecule has 0 aliphatic carbocycles. The van der Waals surface area contributed by atoms with Crippen LogP contribution in [0, 0.1) is 0 Å². The summed E-state index contributed by atoms with van der Waals surface area (Å²) >= 11 is 0. The third kappa shape index (κ3) is 27.6. The molecule has 0 fully saturated rings. The van der Waals surface area contributed by atoms with Crippen LogP contribution in [0.4, 0.5) is 0 Å². The number of aromatic nitrogens is 5. The summed E-state index contributed by atoms with van der Waals surface area (Å²) in [6.45, 7) is 14.8. The Labute approximate surface area is 512 Å². The molecule has 25 heteroatoms. The van der Waals surface area contributed by atoms with E-state index >= 15 is 0 Å². The predicted octanol–water partition coefficient (Wildman–Crippen LogP) is 9.35. The van der Waals surface area contributed by atoms with Crippen LogP contribution in [-0.2, 0) is 46.0 Å². The van der Waals surface area contributed by atoms with Crippen LogP contribution in [0.1, 0.15) is 171 Å². The van der Waals surface area contributed by atoms with Gasteiger partial charge in [0.2, 0.25) is 0 Å². The van der Waals surface area contributed by atoms with Gasteiger partial charge in [0.25, 0.3) is 0 Å². The van der Waals surface area contributed by atoms with Crippen LogP contribution in [0.15, 0.2) is 152 Å². The van der Waals surface area contributed by atoms with Crippen LogP contribution in [0.3, 0.4) is 0 Å². The van der Waals surface area contributed by atoms with Crippen molar-refractivity contribution in [3.05, 3.63) is 220 Å². The van der Waals surface area contributed by atoms with E-state index in [1.54, 1.807) is 55.4 Å². The highest BCUT2D eigenvalue weighted by Gasteiger charge is 2.18. The van der Waals surface area contributed by atoms with E-state index in [-0.39, 0.29) is 101 Å². The van der Waals surface area contributed by atoms with E-state index in [1.807, 2.05) is 60.7 Å². The van der Waals surface area contributed by atoms with Gasteiger partial charge in [0, 0.05) is 43.8 Å². The number of aromatic carboxylic acids is 3. The van der Waals surface area contributed by atoms with Crippen molar-refractivity contribution >= 4 is 59.7 Å². The van der Waals surface area contributed by atoms with Crippen LogP contribution < -0.4 is 0 Å². The largest absolute Gasteiger partial charge is 0.478 e. The van der Waals surface area contributed by atoms with Crippen molar-refractivity contribution in [3.8, 4) is 0 Å². The minimum Gasteiger partial charge on any atom is -0.478 e. The van der Waals surface area contributed by atoms with Crippen molar-refractivity contribution in [1.82, 2.24) is 24.9 Å². The zero-order valence-corrected chi connectivity index (χ0v) is 49.9. The molecule has 0 aliphatic heterocycles. The lowest BCUT2D eigenvalue weighted by Gasteiger charge is -2.09. The Hall–Kier alpha value is -11.1. The second-order valence-corrected chi connectivity index (χ2v) is 18.6. The molecule has 3 N–H and O–H groups in total. The first-order valence-corrected chi connectivity index (χ1v) is 27.3. The van der Waals surface area contributed by atoms with Gasteiger partial charge in [0.05, 0.1) is 72.6 Å². The van der Waals surface area contributed by atoms with Crippen molar-refractivity contribution in [1.29, 1.82) is 0 Å². The summed E-state index contributed by atoms with van der Waals surface area (Å²) in [6.07, 6.45) is 7.12. The number of ether oxygens (including phenoxy) is 7. The van der Waals surface area contributed by atoms with Crippen molar-refractivity contribution in [2.24, 2.45) is 0 Å². The lowest BCUT2D eigenvalue weighted by molar-refractivity contribution is 0.0356. The van der Waals surface area contributed by atoms with Gasteiger partial charge in [-0.05, 0) is 127 Å². The minimum absolute atomic E-state index is 0.00333. The first-order valence-electron chi connectivity index (χ1n) is 27.3. The molecule has 468 valence electrons. The van der Waals surface area contributed by atoms with Crippen LogP contribution in [-0.4, -0.2) is 145 Å². The van der Waals surface area contributed by atoms with E-state index in [1.165, 1.54) is 91.6 Å². The van der Waals surface area contributed by atoms with Gasteiger partial charge in [0.15, 0.2) is 0 Å². The Morgan fingerprint density at radius 2 is 0.618 bits per heavy atom. The number of hydrogen-bond donors (Lipinski definition) is 3. The number of rotatable bonds is 21. The third-order valence-electron chi connectivity index (χ3n) is 10.6. The van der Waals surface area contributed by atoms with Crippen LogP contribution in [0.5, 0.6) is 0 Å². The highest BCUT2D eigenvalue weighted by Crippen LogP contribution is 2.12. The number of esters is 7. The molecule has 2 aromatic carbocycles. The normalized spacial score (nSPS) is 10.1. The van der Waals surface area contributed by atoms with Gasteiger partial charge in [-0.3, -0.25) is 0 Å². The molecule has 5 heterocycles. The van der Waals surface area contributed by atoms with Gasteiger partial charge in [-0.2, -0.15) is 0 Å². The summed E-state index contributed by atoms with van der Waals surface area (Å²) in [5, 5.41) is 25.9. The fourth-order valence-electron chi connectivity index (χ4n) is 6.58. The Bertz CT molecular complexity index is 3310. The molecule has 25 nitrogen and oxygen atoms in total. The zero-order chi connectivity index (χ0) is 65.8. The number of pyridine rings is 5. The standard InChI is InChI=1S/C23H21NO4.C13H17NO4.C10H11NO4.2C9H9NO4/c25-22(27-15-12-18-7-3-1-4-8-18)20-11-14-24-21(17-20)23(26)28-16-13-19-9-5-2-6-10-19;1-8(2)17-12(15)10-5-6-14-11(7-10)13(16)18-9(3)4;1-6(2)15-10(14)8-5-7(9(12)13)3-4-11-8;1-2-14-9(13)6-3-4-10-7(5-6)8(11)12;1-2-14-9(13)7-5-6(8(11)12)3-4-10-7/h1-11,14,17H,12-13,15-16H2;5-9H,1-4H3;3-6H,1-2H3,(H,12,13);2*3-5H,2H2,1H3,(H,11,12). The Balaban J connectivity index is 0.000000301. The van der Waals surface area contributed by atoms with Gasteiger partial charge in [-0.1, -0.05) is 60.7 Å². The molecule has 5 aromatic heterocycles. The number of benzene rings is 2. The maximum atomic E-state index is 12.2. The molecule has 7 rings (SSSR count). The zero-order valence-electron chi connectivity index (χ0n) is 49.9. The number of carboxylic acids is 3. The maximum absolute atomic E-state index is 12.2. The molecule has 0 aliphatic rings. The Morgan fingerprint density at radius 3 is 0.978 bits per heavy atom. The fraction of sp³-hybridized carbons (Fsp3) is 0.266. The molecule has 0 saturated heterocycles. The SMILES string of the molecule is CC(C)OC(=O)c1cc(C(=O)O)ccn1.CC(C)OC(=O)c1ccnc(C(=O)OC(C)C)c1.CCOC(=O)c1cc(C(=O)O)ccn1.CCOC(=O)c1ccnc(C(=O)O)c1.O=C(OCCc1ccccc1)c1ccnc(C(=O)OCCc2ccccc2)c1. The summed E-state index contributed by atoms with van der Waals surface area (Å²) < 4.78 is 34.8. The van der Waals surface area contributed by atoms with Gasteiger partial charge >= 0.3 is 59.7 Å². The average molecular weight is 1230 g/mol. The summed E-state index contributed by atoms with van der Waals surface area (Å²) in [7, 11) is 0. The van der Waals surface area contributed by atoms with E-state index in [4.69, 9.17) is 43.7 Å². The molecule has 0 unspecified atom stereocenters. The van der Waals surface area contributed by atoms with Gasteiger partial charge in [0.1, 0.15) is 28.5 Å². The summed E-state index contributed by atoms with van der Waals surface area (Å²) in [4.78, 5) is 132. The number of nitrogens with zero attached hydrogens (tertiary/aromatic N) is 5. The predicted molar refractivity (Wildman–Crippen MR) is 316 cm³/mol. The minimum atomic E-state index is -1.17. The van der Waals surface area contributed by atoms with E-state index in [2.05, 4.69) is 29.7 Å². The van der Waals surface area contributed by atoms with E-state index < -0.39 is 59.7 Å². The molecule has 0 radical (unpaired) electrons. The number of carbonyl (C=O) groups excluding carboxylic acids is 7. The van der Waals surface area contributed by atoms with Crippen LogP contribution in [0.2, 0.25) is 0 Å². The molecule has 0 spiro atoms. The van der Waals surface area contributed by atoms with Gasteiger partial charge < -0.3 is 48.5 Å². The quantitative estimate of drug-likeness (QED) is 0.0445. The fourth-order valence-corrected chi connectivity index (χ4v) is 6.58. The van der Waals surface area contributed by atoms with Crippen LogP contribution >= 0.6 is 0 Å². The maximum Gasteiger partial charge on any atom is 0.357 e. The Kier molecular flexibility index (Phi) is 31.4. The van der Waals surface area contributed by atoms with E-state index in [9.17, 15) is 47.9 Å². The first-order chi connectivity index (χ1) is 42.4. The van der Waals surface area contributed by atoms with E-state index in [0.29, 0.717) is 12.8 Å². The first kappa shape index (κ1) is 72.2. The van der Waals surface area contributed by atoms with E-state index in [0.717, 1.165) is 11.1 Å². The van der Waals surface area contributed by atoms with Crippen molar-refractivity contribution < 1.29 is 96.4 Å². The monoisotopic (exact) mass is 1230 g/mol. The number of carboxylic acid groups (broad SMARTS) is 3. The lowest BCUT2D eigenvalue weighted by atomic mass is 10.2. The Morgan fingerprint density at radius 1 is 0.337 bits per heavy atom. The van der Waals surface area contributed by atoms with Gasteiger partial charge in [-0.15, -0.1) is 0 Å². The van der Waals surface area contributed by atoms with Crippen molar-refractivity contribution in [3.63, 3.8) is 0 Å². The molecule has 0 saturated carbocycles. The summed E-state index contributed by atoms with van der Waals surface area (Å²) in [5.74, 6) is -7.23. The highest BCUT2D eigenvalue weighted by molar-refractivity contribution is 5.96. The molecule has 0 atom stereocenters. The summed E-state index contributed by atoms with van der Waals surface area (Å²) in [5.41, 5.74) is 2.99. The number of hydrogen-bond acceptors (Lipinski definition) is 22. The second kappa shape index (κ2) is 38.8. The number of carbonyl (C=O) groups is 10. The summed E-state index contributed by atoms with van der Waals surface area (Å²) in [6, 6.07) is 32.9.